The zero-order valence-corrected chi connectivity index (χ0v) is 18.6. The van der Waals surface area contributed by atoms with Crippen molar-refractivity contribution < 1.29 is 18.8 Å². The number of hydrogen-bond acceptors (Lipinski definition) is 4. The first-order chi connectivity index (χ1) is 15.3. The number of carbonyl (C=O) groups excluding carboxylic acids is 3. The van der Waals surface area contributed by atoms with Crippen molar-refractivity contribution >= 4 is 17.8 Å². The van der Waals surface area contributed by atoms with Crippen molar-refractivity contribution in [1.29, 1.82) is 0 Å². The molecular weight excluding hydrogens is 411 g/mol. The molecule has 2 aromatic rings. The molecule has 0 saturated carbocycles. The van der Waals surface area contributed by atoms with Gasteiger partial charge in [0.25, 0.3) is 5.91 Å². The molecule has 0 bridgehead atoms. The molecule has 0 aromatic heterocycles. The molecule has 2 unspecified atom stereocenters. The van der Waals surface area contributed by atoms with Crippen LogP contribution >= 0.6 is 0 Å². The van der Waals surface area contributed by atoms with Gasteiger partial charge in [-0.05, 0) is 43.3 Å². The van der Waals surface area contributed by atoms with Gasteiger partial charge >= 0.3 is 6.03 Å². The summed E-state index contributed by atoms with van der Waals surface area (Å²) < 4.78 is 13.3. The lowest BCUT2D eigenvalue weighted by Gasteiger charge is -2.30. The van der Waals surface area contributed by atoms with Gasteiger partial charge in [0, 0.05) is 6.54 Å². The highest BCUT2D eigenvalue weighted by Gasteiger charge is 2.49. The topological polar surface area (TPSA) is 81.8 Å². The molecule has 2 aromatic carbocycles. The summed E-state index contributed by atoms with van der Waals surface area (Å²) in [5.41, 5.74) is 0.181. The van der Waals surface area contributed by atoms with Crippen LogP contribution in [0.3, 0.4) is 0 Å². The van der Waals surface area contributed by atoms with Crippen molar-refractivity contribution in [2.75, 3.05) is 26.2 Å². The number of urea groups is 1. The van der Waals surface area contributed by atoms with Gasteiger partial charge in [0.2, 0.25) is 5.91 Å². The Hall–Kier alpha value is -3.26. The Balaban J connectivity index is 1.68. The Morgan fingerprint density at radius 3 is 2.31 bits per heavy atom. The summed E-state index contributed by atoms with van der Waals surface area (Å²) >= 11 is 0. The molecule has 1 aliphatic heterocycles. The summed E-state index contributed by atoms with van der Waals surface area (Å²) in [6, 6.07) is 14.6. The monoisotopic (exact) mass is 440 g/mol. The van der Waals surface area contributed by atoms with Gasteiger partial charge in [-0.2, -0.15) is 0 Å². The minimum Gasteiger partial charge on any atom is -0.353 e. The zero-order valence-electron chi connectivity index (χ0n) is 18.6. The van der Waals surface area contributed by atoms with E-state index in [-0.39, 0.29) is 12.6 Å². The standard InChI is InChI=1S/C24H29FN4O3/c1-4-28(5-2)20(17-9-7-6-8-10-17)15-26-21(30)16-29-22(31)24(3,27-23(29)32)18-11-13-19(25)14-12-18/h6-14,20H,4-5,15-16H2,1-3H3,(H,26,30)(H,27,32). The number of hydrogen-bond donors (Lipinski definition) is 2. The predicted octanol–water partition coefficient (Wildman–Crippen LogP) is 2.79. The van der Waals surface area contributed by atoms with Crippen LogP contribution in [-0.4, -0.2) is 53.8 Å². The van der Waals surface area contributed by atoms with Crippen LogP contribution in [0.25, 0.3) is 0 Å². The Morgan fingerprint density at radius 1 is 1.09 bits per heavy atom. The molecule has 0 aliphatic carbocycles. The van der Waals surface area contributed by atoms with Crippen molar-refractivity contribution in [3.05, 3.63) is 71.5 Å². The number of amides is 4. The molecule has 0 radical (unpaired) electrons. The van der Waals surface area contributed by atoms with Crippen LogP contribution in [0.2, 0.25) is 0 Å². The van der Waals surface area contributed by atoms with E-state index in [1.807, 2.05) is 30.3 Å². The van der Waals surface area contributed by atoms with Crippen LogP contribution in [0.4, 0.5) is 9.18 Å². The number of benzene rings is 2. The maximum absolute atomic E-state index is 13.3. The summed E-state index contributed by atoms with van der Waals surface area (Å²) in [4.78, 5) is 41.2. The summed E-state index contributed by atoms with van der Waals surface area (Å²) in [5.74, 6) is -1.41. The summed E-state index contributed by atoms with van der Waals surface area (Å²) in [5, 5.41) is 5.49. The lowest BCUT2D eigenvalue weighted by molar-refractivity contribution is -0.134. The Labute approximate surface area is 187 Å². The largest absolute Gasteiger partial charge is 0.353 e. The lowest BCUT2D eigenvalue weighted by atomic mass is 9.92. The first-order valence-corrected chi connectivity index (χ1v) is 10.8. The van der Waals surface area contributed by atoms with E-state index in [4.69, 9.17) is 0 Å². The molecule has 2 atom stereocenters. The van der Waals surface area contributed by atoms with E-state index in [0.717, 1.165) is 23.6 Å². The summed E-state index contributed by atoms with van der Waals surface area (Å²) in [6.07, 6.45) is 0. The third-order valence-corrected chi connectivity index (χ3v) is 5.93. The van der Waals surface area contributed by atoms with Crippen LogP contribution in [0.5, 0.6) is 0 Å². The molecule has 2 N–H and O–H groups in total. The van der Waals surface area contributed by atoms with E-state index in [0.29, 0.717) is 12.1 Å². The van der Waals surface area contributed by atoms with Crippen LogP contribution in [0.15, 0.2) is 54.6 Å². The van der Waals surface area contributed by atoms with Gasteiger partial charge in [-0.25, -0.2) is 9.18 Å². The van der Waals surface area contributed by atoms with Crippen LogP contribution in [0.1, 0.15) is 37.9 Å². The van der Waals surface area contributed by atoms with E-state index in [1.54, 1.807) is 6.92 Å². The maximum atomic E-state index is 13.3. The minimum absolute atomic E-state index is 0.0252. The van der Waals surface area contributed by atoms with Crippen molar-refractivity contribution in [2.45, 2.75) is 32.4 Å². The number of rotatable bonds is 9. The average Bonchev–Trinajstić information content (AvgIpc) is 3.01. The molecule has 1 aliphatic rings. The van der Waals surface area contributed by atoms with Crippen LogP contribution < -0.4 is 10.6 Å². The average molecular weight is 441 g/mol. The number of likely N-dealkylation sites (N-methyl/N-ethyl adjacent to an activating group) is 1. The second kappa shape index (κ2) is 9.91. The quantitative estimate of drug-likeness (QED) is 0.588. The molecule has 32 heavy (non-hydrogen) atoms. The van der Waals surface area contributed by atoms with E-state index in [2.05, 4.69) is 29.4 Å². The third-order valence-electron chi connectivity index (χ3n) is 5.93. The van der Waals surface area contributed by atoms with E-state index in [1.165, 1.54) is 24.3 Å². The Kier molecular flexibility index (Phi) is 7.25. The fraction of sp³-hybridized carbons (Fsp3) is 0.375. The number of nitrogens with zero attached hydrogens (tertiary/aromatic N) is 2. The first kappa shape index (κ1) is 23.4. The van der Waals surface area contributed by atoms with Crippen molar-refractivity contribution in [2.24, 2.45) is 0 Å². The second-order valence-corrected chi connectivity index (χ2v) is 7.91. The van der Waals surface area contributed by atoms with Gasteiger partial charge in [-0.3, -0.25) is 19.4 Å². The molecular formula is C24H29FN4O3. The second-order valence-electron chi connectivity index (χ2n) is 7.91. The van der Waals surface area contributed by atoms with E-state index in [9.17, 15) is 18.8 Å². The Morgan fingerprint density at radius 2 is 1.72 bits per heavy atom. The Bertz CT molecular complexity index is 963. The van der Waals surface area contributed by atoms with E-state index < -0.39 is 29.2 Å². The number of carbonyl (C=O) groups is 3. The lowest BCUT2D eigenvalue weighted by Crippen LogP contribution is -2.45. The van der Waals surface area contributed by atoms with Gasteiger partial charge in [-0.1, -0.05) is 56.3 Å². The fourth-order valence-corrected chi connectivity index (χ4v) is 4.03. The van der Waals surface area contributed by atoms with Crippen molar-refractivity contribution in [3.8, 4) is 0 Å². The van der Waals surface area contributed by atoms with E-state index >= 15 is 0 Å². The molecule has 3 rings (SSSR count). The highest BCUT2D eigenvalue weighted by Crippen LogP contribution is 2.28. The highest BCUT2D eigenvalue weighted by molar-refractivity contribution is 6.09. The number of imide groups is 1. The van der Waals surface area contributed by atoms with Gasteiger partial charge < -0.3 is 10.6 Å². The van der Waals surface area contributed by atoms with Crippen LogP contribution in [-0.2, 0) is 15.1 Å². The fourth-order valence-electron chi connectivity index (χ4n) is 4.03. The molecule has 0 spiro atoms. The number of nitrogens with one attached hydrogen (secondary N) is 2. The van der Waals surface area contributed by atoms with Crippen molar-refractivity contribution in [1.82, 2.24) is 20.4 Å². The molecule has 1 fully saturated rings. The predicted molar refractivity (Wildman–Crippen MR) is 119 cm³/mol. The van der Waals surface area contributed by atoms with Gasteiger partial charge in [0.1, 0.15) is 17.9 Å². The zero-order chi connectivity index (χ0) is 23.3. The third kappa shape index (κ3) is 4.80. The SMILES string of the molecule is CCN(CC)C(CNC(=O)CN1C(=O)NC(C)(c2ccc(F)cc2)C1=O)c1ccccc1. The van der Waals surface area contributed by atoms with Crippen LogP contribution in [0, 0.1) is 5.82 Å². The molecule has 1 heterocycles. The maximum Gasteiger partial charge on any atom is 0.325 e. The molecule has 7 nitrogen and oxygen atoms in total. The highest BCUT2D eigenvalue weighted by atomic mass is 19.1. The smallest absolute Gasteiger partial charge is 0.325 e. The molecule has 8 heteroatoms. The summed E-state index contributed by atoms with van der Waals surface area (Å²) in [6.45, 7) is 7.26. The van der Waals surface area contributed by atoms with Crippen molar-refractivity contribution in [3.63, 3.8) is 0 Å². The minimum atomic E-state index is -1.35. The van der Waals surface area contributed by atoms with Gasteiger partial charge in [0.05, 0.1) is 6.04 Å². The van der Waals surface area contributed by atoms with Gasteiger partial charge in [-0.15, -0.1) is 0 Å². The number of halogens is 1. The van der Waals surface area contributed by atoms with Gasteiger partial charge in [0.15, 0.2) is 0 Å². The molecule has 1 saturated heterocycles. The normalized spacial score (nSPS) is 19.2. The summed E-state index contributed by atoms with van der Waals surface area (Å²) in [7, 11) is 0. The molecule has 170 valence electrons. The first-order valence-electron chi connectivity index (χ1n) is 10.8. The molecule has 4 amide bonds.